The number of benzene rings is 1. The molecular weight excluding hydrogens is 701 g/mol. The van der Waals surface area contributed by atoms with Gasteiger partial charge in [-0.1, -0.05) is 116 Å². The number of nitrogens with zero attached hydrogens (tertiary/aromatic N) is 3. The van der Waals surface area contributed by atoms with Crippen molar-refractivity contribution in [3.63, 3.8) is 0 Å². The zero-order valence-electron chi connectivity index (χ0n) is 36.5. The van der Waals surface area contributed by atoms with Gasteiger partial charge >= 0.3 is 5.97 Å². The molecule has 2 rings (SSSR count). The standard InChI is InChI=1S/C47H82N4O5/c1-6-9-11-12-13-14-15-16-17-18-19-20-21-25-44(47(54)48-33-32-42-28-30-43(55-5)31-29-42)51(39-38-50-36-34-49(4)35-37-50)45(52)26-22-23-27-46(53)56-40-41(8-3)24-10-7-2/h12-13,28-31,41,44H,6-11,14-27,32-40H2,1-5H3,(H,48,54)/b13-12-. The van der Waals surface area contributed by atoms with Crippen LogP contribution in [0.3, 0.4) is 0 Å². The van der Waals surface area contributed by atoms with Crippen LogP contribution >= 0.6 is 0 Å². The molecule has 9 nitrogen and oxygen atoms in total. The summed E-state index contributed by atoms with van der Waals surface area (Å²) >= 11 is 0. The highest BCUT2D eigenvalue weighted by Gasteiger charge is 2.30. The van der Waals surface area contributed by atoms with Gasteiger partial charge in [0.25, 0.3) is 0 Å². The van der Waals surface area contributed by atoms with Gasteiger partial charge in [0.2, 0.25) is 11.8 Å². The highest BCUT2D eigenvalue weighted by Crippen LogP contribution is 2.18. The maximum absolute atomic E-state index is 14.1. The Morgan fingerprint density at radius 3 is 2.09 bits per heavy atom. The molecule has 1 aromatic carbocycles. The van der Waals surface area contributed by atoms with E-state index in [1.807, 2.05) is 29.2 Å². The molecule has 1 N–H and O–H groups in total. The Bertz CT molecular complexity index is 1180. The minimum atomic E-state index is -0.510. The first-order valence-electron chi connectivity index (χ1n) is 22.7. The second-order valence-corrected chi connectivity index (χ2v) is 16.1. The van der Waals surface area contributed by atoms with Gasteiger partial charge in [0.05, 0.1) is 13.7 Å². The zero-order valence-corrected chi connectivity index (χ0v) is 36.5. The van der Waals surface area contributed by atoms with Crippen molar-refractivity contribution in [1.29, 1.82) is 0 Å². The van der Waals surface area contributed by atoms with Crippen LogP contribution < -0.4 is 10.1 Å². The predicted octanol–water partition coefficient (Wildman–Crippen LogP) is 9.38. The Morgan fingerprint density at radius 2 is 1.43 bits per heavy atom. The molecule has 0 saturated carbocycles. The van der Waals surface area contributed by atoms with Crippen LogP contribution in [0.4, 0.5) is 0 Å². The first-order valence-corrected chi connectivity index (χ1v) is 22.7. The predicted molar refractivity (Wildman–Crippen MR) is 232 cm³/mol. The number of likely N-dealkylation sites (N-methyl/N-ethyl adjacent to an activating group) is 1. The first-order chi connectivity index (χ1) is 27.3. The van der Waals surface area contributed by atoms with E-state index in [2.05, 4.69) is 55.1 Å². The number of carbonyl (C=O) groups excluding carboxylic acids is 3. The summed E-state index contributed by atoms with van der Waals surface area (Å²) in [5, 5.41) is 3.21. The summed E-state index contributed by atoms with van der Waals surface area (Å²) in [6.45, 7) is 12.8. The van der Waals surface area contributed by atoms with Crippen LogP contribution in [0.5, 0.6) is 5.75 Å². The first kappa shape index (κ1) is 49.2. The summed E-state index contributed by atoms with van der Waals surface area (Å²) < 4.78 is 10.9. The van der Waals surface area contributed by atoms with Gasteiger partial charge in [-0.3, -0.25) is 19.3 Å². The molecule has 0 bridgehead atoms. The van der Waals surface area contributed by atoms with Gasteiger partial charge in [-0.05, 0) is 82.0 Å². The third kappa shape index (κ3) is 22.7. The van der Waals surface area contributed by atoms with E-state index in [-0.39, 0.29) is 17.8 Å². The molecule has 1 aromatic rings. The summed E-state index contributed by atoms with van der Waals surface area (Å²) in [7, 11) is 3.81. The van der Waals surface area contributed by atoms with Gasteiger partial charge in [0.1, 0.15) is 11.8 Å². The number of unbranched alkanes of at least 4 members (excludes halogenated alkanes) is 11. The molecule has 0 spiro atoms. The fourth-order valence-corrected chi connectivity index (χ4v) is 7.36. The number of nitrogens with one attached hydrogen (secondary N) is 1. The number of ether oxygens (including phenoxy) is 2. The lowest BCUT2D eigenvalue weighted by molar-refractivity contribution is -0.145. The number of piperazine rings is 1. The number of carbonyl (C=O) groups is 3. The van der Waals surface area contributed by atoms with E-state index in [0.29, 0.717) is 64.1 Å². The molecule has 1 fully saturated rings. The Labute approximate surface area is 342 Å². The molecule has 2 unspecified atom stereocenters. The smallest absolute Gasteiger partial charge is 0.305 e. The van der Waals surface area contributed by atoms with Crippen molar-refractivity contribution < 1.29 is 23.9 Å². The van der Waals surface area contributed by atoms with Gasteiger partial charge in [-0.25, -0.2) is 0 Å². The van der Waals surface area contributed by atoms with Crippen LogP contribution in [-0.4, -0.2) is 105 Å². The number of hydrogen-bond acceptors (Lipinski definition) is 7. The molecule has 2 atom stereocenters. The third-order valence-corrected chi connectivity index (χ3v) is 11.4. The minimum Gasteiger partial charge on any atom is -0.497 e. The Morgan fingerprint density at radius 1 is 0.786 bits per heavy atom. The molecule has 56 heavy (non-hydrogen) atoms. The van der Waals surface area contributed by atoms with E-state index in [4.69, 9.17) is 9.47 Å². The number of methoxy groups -OCH3 is 1. The normalized spacial score (nSPS) is 14.8. The quantitative estimate of drug-likeness (QED) is 0.0432. The lowest BCUT2D eigenvalue weighted by Crippen LogP contribution is -2.53. The average Bonchev–Trinajstić information content (AvgIpc) is 3.21. The van der Waals surface area contributed by atoms with Crippen molar-refractivity contribution >= 4 is 17.8 Å². The van der Waals surface area contributed by atoms with E-state index in [1.165, 1.54) is 51.4 Å². The van der Waals surface area contributed by atoms with E-state index in [9.17, 15) is 14.4 Å². The lowest BCUT2D eigenvalue weighted by Gasteiger charge is -2.36. The fraction of sp³-hybridized carbons (Fsp3) is 0.766. The van der Waals surface area contributed by atoms with Crippen LogP contribution in [0.1, 0.15) is 155 Å². The summed E-state index contributed by atoms with van der Waals surface area (Å²) in [4.78, 5) is 47.3. The van der Waals surface area contributed by atoms with Crippen molar-refractivity contribution in [2.75, 3.05) is 66.6 Å². The van der Waals surface area contributed by atoms with Gasteiger partial charge in [0, 0.05) is 58.7 Å². The minimum absolute atomic E-state index is 0.0113. The molecule has 9 heteroatoms. The maximum Gasteiger partial charge on any atom is 0.305 e. The Kier molecular flexibility index (Phi) is 28.2. The topological polar surface area (TPSA) is 91.4 Å². The van der Waals surface area contributed by atoms with E-state index in [1.54, 1.807) is 7.11 Å². The monoisotopic (exact) mass is 783 g/mol. The molecule has 1 saturated heterocycles. The van der Waals surface area contributed by atoms with Crippen LogP contribution in [0.15, 0.2) is 36.4 Å². The zero-order chi connectivity index (χ0) is 40.6. The SMILES string of the molecule is CCCC/C=C\CCCCCCCCCC(C(=O)NCCc1ccc(OC)cc1)N(CCN1CCN(C)CC1)C(=O)CCCCC(=O)OCC(CC)CCCC. The molecule has 1 aliphatic heterocycles. The fourth-order valence-electron chi connectivity index (χ4n) is 7.36. The van der Waals surface area contributed by atoms with Crippen molar-refractivity contribution in [3.05, 3.63) is 42.0 Å². The van der Waals surface area contributed by atoms with Crippen molar-refractivity contribution in [1.82, 2.24) is 20.0 Å². The molecule has 0 radical (unpaired) electrons. The molecule has 0 aromatic heterocycles. The molecule has 1 aliphatic rings. The highest BCUT2D eigenvalue weighted by molar-refractivity contribution is 5.87. The number of hydrogen-bond donors (Lipinski definition) is 1. The summed E-state index contributed by atoms with van der Waals surface area (Å²) in [5.74, 6) is 1.01. The van der Waals surface area contributed by atoms with Crippen LogP contribution in [-0.2, 0) is 25.5 Å². The Balaban J connectivity index is 2.01. The largest absolute Gasteiger partial charge is 0.497 e. The highest BCUT2D eigenvalue weighted by atomic mass is 16.5. The second-order valence-electron chi connectivity index (χ2n) is 16.1. The number of rotatable bonds is 33. The molecule has 1 heterocycles. The molecule has 0 aliphatic carbocycles. The summed E-state index contributed by atoms with van der Waals surface area (Å²) in [6.07, 6.45) is 25.3. The van der Waals surface area contributed by atoms with Gasteiger partial charge < -0.3 is 24.6 Å². The maximum atomic E-state index is 14.1. The second kappa shape index (κ2) is 32.1. The van der Waals surface area contributed by atoms with Gasteiger partial charge in [0.15, 0.2) is 0 Å². The Hall–Kier alpha value is -2.91. The van der Waals surface area contributed by atoms with E-state index >= 15 is 0 Å². The van der Waals surface area contributed by atoms with E-state index < -0.39 is 6.04 Å². The van der Waals surface area contributed by atoms with Crippen LogP contribution in [0.25, 0.3) is 0 Å². The number of amides is 2. The number of allylic oxidation sites excluding steroid dienone is 2. The molecule has 320 valence electrons. The molecular formula is C47H82N4O5. The summed E-state index contributed by atoms with van der Waals surface area (Å²) in [6, 6.07) is 7.44. The number of esters is 1. The van der Waals surface area contributed by atoms with Crippen molar-refractivity contribution in [3.8, 4) is 5.75 Å². The van der Waals surface area contributed by atoms with Crippen molar-refractivity contribution in [2.24, 2.45) is 5.92 Å². The van der Waals surface area contributed by atoms with Crippen LogP contribution in [0.2, 0.25) is 0 Å². The van der Waals surface area contributed by atoms with Gasteiger partial charge in [-0.2, -0.15) is 0 Å². The van der Waals surface area contributed by atoms with E-state index in [0.717, 1.165) is 89.0 Å². The molecule has 2 amide bonds. The van der Waals surface area contributed by atoms with Crippen LogP contribution in [0, 0.1) is 5.92 Å². The lowest BCUT2D eigenvalue weighted by atomic mass is 10.0. The average molecular weight is 783 g/mol. The van der Waals surface area contributed by atoms with Gasteiger partial charge in [-0.15, -0.1) is 0 Å². The summed E-state index contributed by atoms with van der Waals surface area (Å²) in [5.41, 5.74) is 1.13. The third-order valence-electron chi connectivity index (χ3n) is 11.4. The van der Waals surface area contributed by atoms with Crippen molar-refractivity contribution in [2.45, 2.75) is 162 Å².